The Kier molecular flexibility index (Phi) is 4.68. The molecule has 2 aromatic heterocycles. The van der Waals surface area contributed by atoms with Gasteiger partial charge in [-0.1, -0.05) is 13.8 Å². The second-order valence-electron chi connectivity index (χ2n) is 4.76. The summed E-state index contributed by atoms with van der Waals surface area (Å²) in [5.41, 5.74) is 3.92. The van der Waals surface area contributed by atoms with E-state index in [0.29, 0.717) is 6.04 Å². The highest BCUT2D eigenvalue weighted by Gasteiger charge is 2.15. The van der Waals surface area contributed by atoms with Crippen LogP contribution in [-0.4, -0.2) is 21.3 Å². The van der Waals surface area contributed by atoms with Gasteiger partial charge < -0.3 is 5.32 Å². The maximum Gasteiger partial charge on any atom is 0.0522 e. The Morgan fingerprint density at radius 3 is 2.79 bits per heavy atom. The SMILES string of the molecule is CCNC(Cc1cnn(C)c1)c1ccncc1CC. The molecule has 4 nitrogen and oxygen atoms in total. The van der Waals surface area contributed by atoms with Gasteiger partial charge in [0, 0.05) is 31.7 Å². The Balaban J connectivity index is 2.23. The lowest BCUT2D eigenvalue weighted by atomic mass is 9.96. The van der Waals surface area contributed by atoms with Gasteiger partial charge in [-0.3, -0.25) is 9.67 Å². The third-order valence-corrected chi connectivity index (χ3v) is 3.35. The Labute approximate surface area is 114 Å². The fourth-order valence-corrected chi connectivity index (χ4v) is 2.42. The number of rotatable bonds is 6. The monoisotopic (exact) mass is 258 g/mol. The van der Waals surface area contributed by atoms with E-state index in [1.807, 2.05) is 30.3 Å². The number of nitrogens with one attached hydrogen (secondary N) is 1. The third kappa shape index (κ3) is 3.41. The molecule has 1 unspecified atom stereocenters. The summed E-state index contributed by atoms with van der Waals surface area (Å²) in [6.45, 7) is 5.27. The molecule has 2 rings (SSSR count). The van der Waals surface area contributed by atoms with Crippen LogP contribution < -0.4 is 5.32 Å². The third-order valence-electron chi connectivity index (χ3n) is 3.35. The Bertz CT molecular complexity index is 518. The van der Waals surface area contributed by atoms with E-state index in [4.69, 9.17) is 0 Å². The number of likely N-dealkylation sites (N-methyl/N-ethyl adjacent to an activating group) is 1. The predicted octanol–water partition coefficient (Wildman–Crippen LogP) is 2.27. The lowest BCUT2D eigenvalue weighted by Gasteiger charge is -2.20. The molecule has 0 radical (unpaired) electrons. The van der Waals surface area contributed by atoms with Crippen molar-refractivity contribution in [1.82, 2.24) is 20.1 Å². The molecule has 102 valence electrons. The standard InChI is InChI=1S/C15H22N4/c1-4-13-10-16-7-6-14(13)15(17-5-2)8-12-9-18-19(3)11-12/h6-7,9-11,15,17H,4-5,8H2,1-3H3. The van der Waals surface area contributed by atoms with E-state index in [0.717, 1.165) is 19.4 Å². The summed E-state index contributed by atoms with van der Waals surface area (Å²) in [6, 6.07) is 2.45. The summed E-state index contributed by atoms with van der Waals surface area (Å²) >= 11 is 0. The molecule has 0 spiro atoms. The lowest BCUT2D eigenvalue weighted by molar-refractivity contribution is 0.545. The summed E-state index contributed by atoms with van der Waals surface area (Å²) in [7, 11) is 1.95. The second-order valence-corrected chi connectivity index (χ2v) is 4.76. The minimum Gasteiger partial charge on any atom is -0.310 e. The van der Waals surface area contributed by atoms with E-state index in [1.165, 1.54) is 16.7 Å². The molecule has 0 saturated heterocycles. The van der Waals surface area contributed by atoms with Crippen molar-refractivity contribution in [2.24, 2.45) is 7.05 Å². The first-order valence-electron chi connectivity index (χ1n) is 6.88. The van der Waals surface area contributed by atoms with E-state index < -0.39 is 0 Å². The number of nitrogens with zero attached hydrogens (tertiary/aromatic N) is 3. The van der Waals surface area contributed by atoms with Crippen molar-refractivity contribution in [1.29, 1.82) is 0 Å². The largest absolute Gasteiger partial charge is 0.310 e. The van der Waals surface area contributed by atoms with Crippen LogP contribution in [0, 0.1) is 0 Å². The van der Waals surface area contributed by atoms with E-state index in [1.54, 1.807) is 0 Å². The molecule has 0 fully saturated rings. The van der Waals surface area contributed by atoms with E-state index in [-0.39, 0.29) is 0 Å². The van der Waals surface area contributed by atoms with Gasteiger partial charge >= 0.3 is 0 Å². The van der Waals surface area contributed by atoms with Crippen LogP contribution in [0.15, 0.2) is 30.9 Å². The highest BCUT2D eigenvalue weighted by atomic mass is 15.2. The summed E-state index contributed by atoms with van der Waals surface area (Å²) in [5, 5.41) is 7.81. The molecule has 2 heterocycles. The lowest BCUT2D eigenvalue weighted by Crippen LogP contribution is -2.24. The molecule has 19 heavy (non-hydrogen) atoms. The Morgan fingerprint density at radius 1 is 1.32 bits per heavy atom. The van der Waals surface area contributed by atoms with Crippen LogP contribution in [0.4, 0.5) is 0 Å². The zero-order chi connectivity index (χ0) is 13.7. The highest BCUT2D eigenvalue weighted by molar-refractivity contribution is 5.28. The highest BCUT2D eigenvalue weighted by Crippen LogP contribution is 2.21. The van der Waals surface area contributed by atoms with Crippen LogP contribution in [0.25, 0.3) is 0 Å². The van der Waals surface area contributed by atoms with Crippen molar-refractivity contribution in [3.05, 3.63) is 47.5 Å². The summed E-state index contributed by atoms with van der Waals surface area (Å²) in [5.74, 6) is 0. The molecule has 0 aliphatic heterocycles. The van der Waals surface area contributed by atoms with Crippen molar-refractivity contribution in [2.45, 2.75) is 32.7 Å². The first-order chi connectivity index (χ1) is 9.24. The second kappa shape index (κ2) is 6.48. The average Bonchev–Trinajstić information content (AvgIpc) is 2.84. The van der Waals surface area contributed by atoms with Gasteiger partial charge in [0.2, 0.25) is 0 Å². The van der Waals surface area contributed by atoms with Crippen molar-refractivity contribution in [3.63, 3.8) is 0 Å². The first kappa shape index (κ1) is 13.7. The minimum atomic E-state index is 0.326. The van der Waals surface area contributed by atoms with Gasteiger partial charge in [0.1, 0.15) is 0 Å². The minimum absolute atomic E-state index is 0.326. The number of aryl methyl sites for hydroxylation is 2. The average molecular weight is 258 g/mol. The molecule has 2 aromatic rings. The normalized spacial score (nSPS) is 12.6. The van der Waals surface area contributed by atoms with Crippen LogP contribution in [-0.2, 0) is 19.9 Å². The van der Waals surface area contributed by atoms with E-state index in [2.05, 4.69) is 41.5 Å². The number of pyridine rings is 1. The molecule has 1 N–H and O–H groups in total. The van der Waals surface area contributed by atoms with Crippen LogP contribution >= 0.6 is 0 Å². The van der Waals surface area contributed by atoms with Gasteiger partial charge in [-0.2, -0.15) is 5.10 Å². The van der Waals surface area contributed by atoms with Gasteiger partial charge in [-0.15, -0.1) is 0 Å². The van der Waals surface area contributed by atoms with Gasteiger partial charge in [0.15, 0.2) is 0 Å². The fourth-order valence-electron chi connectivity index (χ4n) is 2.42. The van der Waals surface area contributed by atoms with Crippen molar-refractivity contribution in [2.75, 3.05) is 6.54 Å². The quantitative estimate of drug-likeness (QED) is 0.864. The van der Waals surface area contributed by atoms with Crippen LogP contribution in [0.2, 0.25) is 0 Å². The van der Waals surface area contributed by atoms with Crippen molar-refractivity contribution >= 4 is 0 Å². The molecule has 4 heteroatoms. The molecule has 0 bridgehead atoms. The van der Waals surface area contributed by atoms with Gasteiger partial charge in [0.05, 0.1) is 6.20 Å². The van der Waals surface area contributed by atoms with Crippen LogP contribution in [0.3, 0.4) is 0 Å². The topological polar surface area (TPSA) is 42.7 Å². The molecular formula is C15H22N4. The predicted molar refractivity (Wildman–Crippen MR) is 76.9 cm³/mol. The number of aromatic nitrogens is 3. The smallest absolute Gasteiger partial charge is 0.0522 e. The molecule has 0 saturated carbocycles. The molecule has 0 aromatic carbocycles. The number of hydrogen-bond acceptors (Lipinski definition) is 3. The molecule has 1 atom stereocenters. The molecule has 0 aliphatic carbocycles. The van der Waals surface area contributed by atoms with Crippen LogP contribution in [0.1, 0.15) is 36.6 Å². The first-order valence-corrected chi connectivity index (χ1v) is 6.88. The summed E-state index contributed by atoms with van der Waals surface area (Å²) in [6.07, 6.45) is 9.84. The maximum absolute atomic E-state index is 4.24. The van der Waals surface area contributed by atoms with E-state index in [9.17, 15) is 0 Å². The van der Waals surface area contributed by atoms with Crippen molar-refractivity contribution in [3.8, 4) is 0 Å². The van der Waals surface area contributed by atoms with Gasteiger partial charge in [-0.05, 0) is 42.1 Å². The zero-order valence-electron chi connectivity index (χ0n) is 11.9. The van der Waals surface area contributed by atoms with Crippen LogP contribution in [0.5, 0.6) is 0 Å². The van der Waals surface area contributed by atoms with Gasteiger partial charge in [-0.25, -0.2) is 0 Å². The van der Waals surface area contributed by atoms with E-state index >= 15 is 0 Å². The maximum atomic E-state index is 4.24. The molecule has 0 amide bonds. The Hall–Kier alpha value is -1.68. The summed E-state index contributed by atoms with van der Waals surface area (Å²) in [4.78, 5) is 4.23. The van der Waals surface area contributed by atoms with Crippen molar-refractivity contribution < 1.29 is 0 Å². The zero-order valence-corrected chi connectivity index (χ0v) is 11.9. The number of hydrogen-bond donors (Lipinski definition) is 1. The molecule has 0 aliphatic rings. The Morgan fingerprint density at radius 2 is 2.16 bits per heavy atom. The summed E-state index contributed by atoms with van der Waals surface area (Å²) < 4.78 is 1.85. The fraction of sp³-hybridized carbons (Fsp3) is 0.467. The van der Waals surface area contributed by atoms with Gasteiger partial charge in [0.25, 0.3) is 0 Å². The molecular weight excluding hydrogens is 236 g/mol.